The summed E-state index contributed by atoms with van der Waals surface area (Å²) in [6.07, 6.45) is 8.04. The molecular formula is C15H21NO2. The highest BCUT2D eigenvalue weighted by atomic mass is 16.5. The van der Waals surface area contributed by atoms with E-state index < -0.39 is 0 Å². The lowest BCUT2D eigenvalue weighted by atomic mass is 10.0. The Kier molecular flexibility index (Phi) is 4.65. The fourth-order valence-electron chi connectivity index (χ4n) is 2.21. The molecule has 0 amide bonds. The van der Waals surface area contributed by atoms with Crippen molar-refractivity contribution >= 4 is 0 Å². The molecule has 0 heterocycles. The maximum absolute atomic E-state index is 5.27. The molecule has 3 heteroatoms. The number of benzene rings is 1. The smallest absolute Gasteiger partial charge is 0.122 e. The van der Waals surface area contributed by atoms with Crippen LogP contribution in [0.1, 0.15) is 24.8 Å². The molecule has 1 atom stereocenters. The van der Waals surface area contributed by atoms with Gasteiger partial charge in [0.15, 0.2) is 0 Å². The average Bonchev–Trinajstić information content (AvgIpc) is 2.45. The van der Waals surface area contributed by atoms with E-state index in [9.17, 15) is 0 Å². The van der Waals surface area contributed by atoms with Gasteiger partial charge >= 0.3 is 0 Å². The lowest BCUT2D eigenvalue weighted by Crippen LogP contribution is -2.29. The summed E-state index contributed by atoms with van der Waals surface area (Å²) in [7, 11) is 3.36. The molecule has 0 aromatic heterocycles. The quantitative estimate of drug-likeness (QED) is 0.812. The summed E-state index contributed by atoms with van der Waals surface area (Å²) in [6.45, 7) is 0.853. The van der Waals surface area contributed by atoms with Crippen LogP contribution in [0.2, 0.25) is 0 Å². The molecule has 1 unspecified atom stereocenters. The zero-order chi connectivity index (χ0) is 12.8. The number of ether oxygens (including phenoxy) is 2. The van der Waals surface area contributed by atoms with E-state index in [0.717, 1.165) is 24.5 Å². The summed E-state index contributed by atoms with van der Waals surface area (Å²) in [4.78, 5) is 0. The molecule has 1 N–H and O–H groups in total. The van der Waals surface area contributed by atoms with Crippen molar-refractivity contribution in [2.75, 3.05) is 14.2 Å². The first kappa shape index (κ1) is 13.0. The molecule has 0 saturated heterocycles. The molecule has 1 aliphatic rings. The van der Waals surface area contributed by atoms with E-state index in [1.165, 1.54) is 18.4 Å². The largest absolute Gasteiger partial charge is 0.497 e. The molecule has 0 spiro atoms. The van der Waals surface area contributed by atoms with Crippen LogP contribution in [0.15, 0.2) is 30.4 Å². The maximum atomic E-state index is 5.27. The van der Waals surface area contributed by atoms with Crippen molar-refractivity contribution < 1.29 is 9.47 Å². The third kappa shape index (κ3) is 3.50. The fraction of sp³-hybridized carbons (Fsp3) is 0.467. The first-order chi connectivity index (χ1) is 8.81. The van der Waals surface area contributed by atoms with Crippen LogP contribution in [-0.4, -0.2) is 20.3 Å². The van der Waals surface area contributed by atoms with Crippen LogP contribution in [0.5, 0.6) is 11.5 Å². The predicted molar refractivity (Wildman–Crippen MR) is 73.2 cm³/mol. The molecule has 0 bridgehead atoms. The summed E-state index contributed by atoms with van der Waals surface area (Å²) in [5, 5.41) is 3.58. The molecule has 0 fully saturated rings. The van der Waals surface area contributed by atoms with Crippen LogP contribution < -0.4 is 14.8 Å². The van der Waals surface area contributed by atoms with Crippen molar-refractivity contribution in [1.29, 1.82) is 0 Å². The van der Waals surface area contributed by atoms with Crippen LogP contribution in [0.25, 0.3) is 0 Å². The molecule has 0 saturated carbocycles. The number of hydrogen-bond donors (Lipinski definition) is 1. The van der Waals surface area contributed by atoms with Gasteiger partial charge in [-0.2, -0.15) is 0 Å². The van der Waals surface area contributed by atoms with E-state index in [1.807, 2.05) is 18.2 Å². The van der Waals surface area contributed by atoms with Gasteiger partial charge in [0, 0.05) is 18.7 Å². The normalized spacial score (nSPS) is 18.7. The Morgan fingerprint density at radius 3 is 2.39 bits per heavy atom. The van der Waals surface area contributed by atoms with Crippen molar-refractivity contribution in [3.05, 3.63) is 35.9 Å². The van der Waals surface area contributed by atoms with E-state index in [4.69, 9.17) is 9.47 Å². The Balaban J connectivity index is 1.97. The highest BCUT2D eigenvalue weighted by Gasteiger charge is 2.09. The van der Waals surface area contributed by atoms with Crippen LogP contribution in [0.4, 0.5) is 0 Å². The summed E-state index contributed by atoms with van der Waals surface area (Å²) < 4.78 is 10.5. The fourth-order valence-corrected chi connectivity index (χ4v) is 2.21. The first-order valence-electron chi connectivity index (χ1n) is 6.42. The van der Waals surface area contributed by atoms with Gasteiger partial charge in [0.2, 0.25) is 0 Å². The minimum Gasteiger partial charge on any atom is -0.497 e. The standard InChI is InChI=1S/C15H21NO2/c1-17-14-8-12(9-15(10-14)18-2)11-16-13-6-4-3-5-7-13/h3-4,8-10,13,16H,5-7,11H2,1-2H3. The van der Waals surface area contributed by atoms with Gasteiger partial charge in [-0.1, -0.05) is 12.2 Å². The summed E-state index contributed by atoms with van der Waals surface area (Å²) in [6, 6.07) is 6.59. The lowest BCUT2D eigenvalue weighted by Gasteiger charge is -2.19. The van der Waals surface area contributed by atoms with E-state index in [2.05, 4.69) is 17.5 Å². The number of hydrogen-bond acceptors (Lipinski definition) is 3. The van der Waals surface area contributed by atoms with Gasteiger partial charge < -0.3 is 14.8 Å². The summed E-state index contributed by atoms with van der Waals surface area (Å²) in [5.74, 6) is 1.68. The zero-order valence-electron chi connectivity index (χ0n) is 11.1. The Hall–Kier alpha value is -1.48. The topological polar surface area (TPSA) is 30.5 Å². The zero-order valence-corrected chi connectivity index (χ0v) is 11.1. The highest BCUT2D eigenvalue weighted by molar-refractivity contribution is 5.38. The van der Waals surface area contributed by atoms with Crippen molar-refractivity contribution in [1.82, 2.24) is 5.32 Å². The van der Waals surface area contributed by atoms with E-state index >= 15 is 0 Å². The minimum atomic E-state index is 0.590. The summed E-state index contributed by atoms with van der Waals surface area (Å²) in [5.41, 5.74) is 1.20. The molecule has 98 valence electrons. The Labute approximate surface area is 109 Å². The number of allylic oxidation sites excluding steroid dienone is 1. The lowest BCUT2D eigenvalue weighted by molar-refractivity contribution is 0.392. The molecule has 1 aromatic carbocycles. The second kappa shape index (κ2) is 6.45. The predicted octanol–water partition coefficient (Wildman–Crippen LogP) is 2.90. The van der Waals surface area contributed by atoms with Gasteiger partial charge in [0.25, 0.3) is 0 Å². The van der Waals surface area contributed by atoms with E-state index in [1.54, 1.807) is 14.2 Å². The Morgan fingerprint density at radius 2 is 1.83 bits per heavy atom. The SMILES string of the molecule is COc1cc(CNC2CC=CCC2)cc(OC)c1. The number of nitrogens with one attached hydrogen (secondary N) is 1. The van der Waals surface area contributed by atoms with E-state index in [-0.39, 0.29) is 0 Å². The number of rotatable bonds is 5. The molecular weight excluding hydrogens is 226 g/mol. The van der Waals surface area contributed by atoms with Crippen molar-refractivity contribution in [2.24, 2.45) is 0 Å². The summed E-state index contributed by atoms with van der Waals surface area (Å²) >= 11 is 0. The van der Waals surface area contributed by atoms with Gasteiger partial charge in [0.1, 0.15) is 11.5 Å². The van der Waals surface area contributed by atoms with Crippen molar-refractivity contribution in [3.63, 3.8) is 0 Å². The first-order valence-corrected chi connectivity index (χ1v) is 6.42. The van der Waals surface area contributed by atoms with Crippen molar-refractivity contribution in [2.45, 2.75) is 31.8 Å². The molecule has 1 aromatic rings. The van der Waals surface area contributed by atoms with Gasteiger partial charge in [-0.15, -0.1) is 0 Å². The monoisotopic (exact) mass is 247 g/mol. The number of methoxy groups -OCH3 is 2. The second-order valence-electron chi connectivity index (χ2n) is 4.58. The van der Waals surface area contributed by atoms with Gasteiger partial charge in [-0.3, -0.25) is 0 Å². The van der Waals surface area contributed by atoms with Crippen molar-refractivity contribution in [3.8, 4) is 11.5 Å². The van der Waals surface area contributed by atoms with Gasteiger partial charge in [-0.05, 0) is 37.0 Å². The second-order valence-corrected chi connectivity index (χ2v) is 4.58. The molecule has 3 nitrogen and oxygen atoms in total. The Morgan fingerprint density at radius 1 is 1.11 bits per heavy atom. The molecule has 0 aliphatic heterocycles. The Bertz CT molecular complexity index is 393. The third-order valence-electron chi connectivity index (χ3n) is 3.28. The molecule has 0 radical (unpaired) electrons. The van der Waals surface area contributed by atoms with Crippen LogP contribution in [0, 0.1) is 0 Å². The van der Waals surface area contributed by atoms with Gasteiger partial charge in [-0.25, -0.2) is 0 Å². The van der Waals surface area contributed by atoms with Gasteiger partial charge in [0.05, 0.1) is 14.2 Å². The molecule has 1 aliphatic carbocycles. The minimum absolute atomic E-state index is 0.590. The van der Waals surface area contributed by atoms with E-state index in [0.29, 0.717) is 6.04 Å². The third-order valence-corrected chi connectivity index (χ3v) is 3.28. The molecule has 2 rings (SSSR count). The maximum Gasteiger partial charge on any atom is 0.122 e. The van der Waals surface area contributed by atoms with Crippen LogP contribution >= 0.6 is 0 Å². The highest BCUT2D eigenvalue weighted by Crippen LogP contribution is 2.22. The molecule has 18 heavy (non-hydrogen) atoms. The van der Waals surface area contributed by atoms with Crippen LogP contribution in [-0.2, 0) is 6.54 Å². The van der Waals surface area contributed by atoms with Crippen LogP contribution in [0.3, 0.4) is 0 Å². The average molecular weight is 247 g/mol.